The highest BCUT2D eigenvalue weighted by Crippen LogP contribution is 2.29. The summed E-state index contributed by atoms with van der Waals surface area (Å²) in [6.45, 7) is 0.996. The third-order valence-corrected chi connectivity index (χ3v) is 4.76. The van der Waals surface area contributed by atoms with E-state index in [9.17, 15) is 9.59 Å². The summed E-state index contributed by atoms with van der Waals surface area (Å²) in [6.07, 6.45) is 1.50. The summed E-state index contributed by atoms with van der Waals surface area (Å²) >= 11 is 6.02. The number of urea groups is 1. The van der Waals surface area contributed by atoms with Crippen LogP contribution < -0.4 is 15.4 Å². The molecule has 1 aliphatic rings. The fraction of sp³-hybridized carbons (Fsp3) is 0.300. The Hall–Kier alpha value is -2.73. The van der Waals surface area contributed by atoms with E-state index < -0.39 is 0 Å². The topological polar surface area (TPSA) is 70.7 Å². The number of anilines is 2. The number of hydrogen-bond acceptors (Lipinski definition) is 3. The van der Waals surface area contributed by atoms with Crippen LogP contribution in [-0.4, -0.2) is 37.0 Å². The molecule has 3 amide bonds. The molecule has 1 fully saturated rings. The zero-order valence-electron chi connectivity index (χ0n) is 15.1. The summed E-state index contributed by atoms with van der Waals surface area (Å²) in [7, 11) is 1.54. The van der Waals surface area contributed by atoms with E-state index in [-0.39, 0.29) is 17.9 Å². The van der Waals surface area contributed by atoms with Gasteiger partial charge in [-0.1, -0.05) is 29.8 Å². The average molecular weight is 388 g/mol. The maximum atomic E-state index is 12.7. The lowest BCUT2D eigenvalue weighted by Crippen LogP contribution is -2.45. The van der Waals surface area contributed by atoms with E-state index in [0.717, 1.165) is 18.5 Å². The van der Waals surface area contributed by atoms with Crippen LogP contribution in [0.15, 0.2) is 48.5 Å². The van der Waals surface area contributed by atoms with Crippen molar-refractivity contribution < 1.29 is 14.3 Å². The first-order valence-corrected chi connectivity index (χ1v) is 9.20. The van der Waals surface area contributed by atoms with Crippen molar-refractivity contribution in [1.29, 1.82) is 0 Å². The number of benzene rings is 2. The van der Waals surface area contributed by atoms with Crippen molar-refractivity contribution in [2.24, 2.45) is 5.92 Å². The molecule has 7 heteroatoms. The molecular weight excluding hydrogens is 366 g/mol. The number of amides is 3. The largest absolute Gasteiger partial charge is 0.495 e. The SMILES string of the molecule is COc1ccc(Cl)cc1NC(=O)C1CCCN(C(=O)Nc2ccccc2)C1. The minimum absolute atomic E-state index is 0.146. The van der Waals surface area contributed by atoms with Gasteiger partial charge in [-0.15, -0.1) is 0 Å². The number of nitrogens with zero attached hydrogens (tertiary/aromatic N) is 1. The molecule has 1 heterocycles. The van der Waals surface area contributed by atoms with Gasteiger partial charge in [-0.3, -0.25) is 4.79 Å². The van der Waals surface area contributed by atoms with Gasteiger partial charge in [0.1, 0.15) is 5.75 Å². The Morgan fingerprint density at radius 3 is 2.67 bits per heavy atom. The molecular formula is C20H22ClN3O3. The van der Waals surface area contributed by atoms with E-state index in [4.69, 9.17) is 16.3 Å². The second kappa shape index (κ2) is 8.77. The third-order valence-electron chi connectivity index (χ3n) is 4.52. The number of halogens is 1. The molecule has 27 heavy (non-hydrogen) atoms. The Morgan fingerprint density at radius 1 is 1.15 bits per heavy atom. The Labute approximate surface area is 163 Å². The van der Waals surface area contributed by atoms with Crippen molar-refractivity contribution in [2.75, 3.05) is 30.8 Å². The second-order valence-corrected chi connectivity index (χ2v) is 6.85. The molecule has 2 aromatic rings. The van der Waals surface area contributed by atoms with Gasteiger partial charge in [0.05, 0.1) is 18.7 Å². The number of para-hydroxylation sites is 1. The monoisotopic (exact) mass is 387 g/mol. The molecule has 1 unspecified atom stereocenters. The Kier molecular flexibility index (Phi) is 6.19. The van der Waals surface area contributed by atoms with Gasteiger partial charge < -0.3 is 20.3 Å². The van der Waals surface area contributed by atoms with Crippen LogP contribution in [0.25, 0.3) is 0 Å². The third kappa shape index (κ3) is 4.92. The lowest BCUT2D eigenvalue weighted by Gasteiger charge is -2.32. The number of rotatable bonds is 4. The number of carbonyl (C=O) groups excluding carboxylic acids is 2. The number of ether oxygens (including phenoxy) is 1. The van der Waals surface area contributed by atoms with Gasteiger partial charge in [-0.2, -0.15) is 0 Å². The highest BCUT2D eigenvalue weighted by atomic mass is 35.5. The van der Waals surface area contributed by atoms with Gasteiger partial charge in [-0.25, -0.2) is 4.79 Å². The van der Waals surface area contributed by atoms with Gasteiger partial charge in [0.2, 0.25) is 5.91 Å². The van der Waals surface area contributed by atoms with Crippen molar-refractivity contribution >= 4 is 34.9 Å². The number of carbonyl (C=O) groups is 2. The van der Waals surface area contributed by atoms with Crippen LogP contribution in [0.4, 0.5) is 16.2 Å². The molecule has 1 aliphatic heterocycles. The van der Waals surface area contributed by atoms with E-state index in [0.29, 0.717) is 29.5 Å². The van der Waals surface area contributed by atoms with Crippen LogP contribution in [0, 0.1) is 5.92 Å². The van der Waals surface area contributed by atoms with Crippen molar-refractivity contribution in [2.45, 2.75) is 12.8 Å². The zero-order valence-corrected chi connectivity index (χ0v) is 15.8. The summed E-state index contributed by atoms with van der Waals surface area (Å²) in [5.74, 6) is 0.110. The standard InChI is InChI=1S/C20H22ClN3O3/c1-27-18-10-9-15(21)12-17(18)23-19(25)14-6-5-11-24(13-14)20(26)22-16-7-3-2-4-8-16/h2-4,7-10,12,14H,5-6,11,13H2,1H3,(H,22,26)(H,23,25). The second-order valence-electron chi connectivity index (χ2n) is 6.42. The molecule has 1 atom stereocenters. The fourth-order valence-corrected chi connectivity index (χ4v) is 3.28. The van der Waals surface area contributed by atoms with Crippen molar-refractivity contribution in [1.82, 2.24) is 4.90 Å². The van der Waals surface area contributed by atoms with Gasteiger partial charge in [-0.05, 0) is 43.2 Å². The van der Waals surface area contributed by atoms with E-state index in [1.165, 1.54) is 7.11 Å². The van der Waals surface area contributed by atoms with Crippen LogP contribution in [0.3, 0.4) is 0 Å². The van der Waals surface area contributed by atoms with E-state index in [1.54, 1.807) is 23.1 Å². The molecule has 2 N–H and O–H groups in total. The van der Waals surface area contributed by atoms with Crippen LogP contribution in [-0.2, 0) is 4.79 Å². The predicted molar refractivity (Wildman–Crippen MR) is 106 cm³/mol. The minimum atomic E-state index is -0.288. The summed E-state index contributed by atoms with van der Waals surface area (Å²) < 4.78 is 5.27. The first-order chi connectivity index (χ1) is 13.1. The molecule has 0 aromatic heterocycles. The van der Waals surface area contributed by atoms with Crippen LogP contribution in [0.5, 0.6) is 5.75 Å². The number of likely N-dealkylation sites (tertiary alicyclic amines) is 1. The number of piperidine rings is 1. The Bertz CT molecular complexity index is 813. The molecule has 142 valence electrons. The molecule has 0 spiro atoms. The maximum Gasteiger partial charge on any atom is 0.321 e. The number of hydrogen-bond donors (Lipinski definition) is 2. The van der Waals surface area contributed by atoms with Crippen LogP contribution >= 0.6 is 11.6 Å². The Balaban J connectivity index is 1.63. The highest BCUT2D eigenvalue weighted by Gasteiger charge is 2.29. The van der Waals surface area contributed by atoms with Gasteiger partial charge in [0.25, 0.3) is 0 Å². The van der Waals surface area contributed by atoms with Crippen molar-refractivity contribution in [3.05, 3.63) is 53.6 Å². The molecule has 0 aliphatic carbocycles. The molecule has 1 saturated heterocycles. The molecule has 6 nitrogen and oxygen atoms in total. The van der Waals surface area contributed by atoms with Crippen LogP contribution in [0.1, 0.15) is 12.8 Å². The zero-order chi connectivity index (χ0) is 19.2. The lowest BCUT2D eigenvalue weighted by atomic mass is 9.97. The molecule has 3 rings (SSSR count). The van der Waals surface area contributed by atoms with E-state index in [1.807, 2.05) is 30.3 Å². The van der Waals surface area contributed by atoms with Gasteiger partial charge in [0.15, 0.2) is 0 Å². The number of methoxy groups -OCH3 is 1. The number of nitrogens with one attached hydrogen (secondary N) is 2. The first kappa shape index (κ1) is 19.0. The average Bonchev–Trinajstić information content (AvgIpc) is 2.69. The molecule has 0 bridgehead atoms. The minimum Gasteiger partial charge on any atom is -0.495 e. The van der Waals surface area contributed by atoms with Gasteiger partial charge >= 0.3 is 6.03 Å². The Morgan fingerprint density at radius 2 is 1.93 bits per heavy atom. The summed E-state index contributed by atoms with van der Waals surface area (Å²) in [6, 6.07) is 14.1. The maximum absolute atomic E-state index is 12.7. The lowest BCUT2D eigenvalue weighted by molar-refractivity contribution is -0.121. The predicted octanol–water partition coefficient (Wildman–Crippen LogP) is 4.23. The summed E-state index contributed by atoms with van der Waals surface area (Å²) in [5, 5.41) is 6.25. The van der Waals surface area contributed by atoms with Crippen molar-refractivity contribution in [3.8, 4) is 5.75 Å². The smallest absolute Gasteiger partial charge is 0.321 e. The fourth-order valence-electron chi connectivity index (χ4n) is 3.11. The summed E-state index contributed by atoms with van der Waals surface area (Å²) in [4.78, 5) is 26.9. The first-order valence-electron chi connectivity index (χ1n) is 8.82. The van der Waals surface area contributed by atoms with E-state index in [2.05, 4.69) is 10.6 Å². The molecule has 0 saturated carbocycles. The highest BCUT2D eigenvalue weighted by molar-refractivity contribution is 6.31. The van der Waals surface area contributed by atoms with Gasteiger partial charge in [0, 0.05) is 23.8 Å². The molecule has 2 aromatic carbocycles. The normalized spacial score (nSPS) is 16.5. The van der Waals surface area contributed by atoms with Crippen molar-refractivity contribution in [3.63, 3.8) is 0 Å². The summed E-state index contributed by atoms with van der Waals surface area (Å²) in [5.41, 5.74) is 1.26. The van der Waals surface area contributed by atoms with Crippen LogP contribution in [0.2, 0.25) is 5.02 Å². The van der Waals surface area contributed by atoms with E-state index >= 15 is 0 Å². The molecule has 0 radical (unpaired) electrons. The quantitative estimate of drug-likeness (QED) is 0.824.